The lowest BCUT2D eigenvalue weighted by Gasteiger charge is -2.25. The van der Waals surface area contributed by atoms with E-state index in [1.54, 1.807) is 6.92 Å². The van der Waals surface area contributed by atoms with E-state index in [0.717, 1.165) is 5.56 Å². The number of benzene rings is 1. The quantitative estimate of drug-likeness (QED) is 0.831. The standard InChI is InChI=1S/C16H22N2O2/c1-13(2)9-16(3,12-17)18-15(19)11-20-10-14-7-5-4-6-8-14/h4-8,13H,9-11H2,1-3H3,(H,18,19). The molecule has 0 radical (unpaired) electrons. The molecular formula is C16H22N2O2. The molecular weight excluding hydrogens is 252 g/mol. The lowest BCUT2D eigenvalue weighted by molar-refractivity contribution is -0.127. The Balaban J connectivity index is 2.38. The van der Waals surface area contributed by atoms with E-state index in [4.69, 9.17) is 4.74 Å². The molecule has 0 saturated carbocycles. The van der Waals surface area contributed by atoms with Crippen LogP contribution in [0.5, 0.6) is 0 Å². The van der Waals surface area contributed by atoms with Gasteiger partial charge in [-0.3, -0.25) is 4.79 Å². The molecule has 0 bridgehead atoms. The zero-order valence-corrected chi connectivity index (χ0v) is 12.3. The smallest absolute Gasteiger partial charge is 0.247 e. The first kappa shape index (κ1) is 16.2. The highest BCUT2D eigenvalue weighted by Gasteiger charge is 2.26. The van der Waals surface area contributed by atoms with Gasteiger partial charge < -0.3 is 10.1 Å². The van der Waals surface area contributed by atoms with Crippen LogP contribution < -0.4 is 5.32 Å². The van der Waals surface area contributed by atoms with Gasteiger partial charge in [-0.05, 0) is 24.8 Å². The van der Waals surface area contributed by atoms with Gasteiger partial charge in [0, 0.05) is 0 Å². The fraction of sp³-hybridized carbons (Fsp3) is 0.500. The molecule has 4 nitrogen and oxygen atoms in total. The maximum Gasteiger partial charge on any atom is 0.247 e. The van der Waals surface area contributed by atoms with Crippen LogP contribution in [0.25, 0.3) is 0 Å². The zero-order chi connectivity index (χ0) is 15.0. The third-order valence-electron chi connectivity index (χ3n) is 2.82. The van der Waals surface area contributed by atoms with Crippen molar-refractivity contribution in [2.24, 2.45) is 5.92 Å². The molecule has 1 aromatic rings. The van der Waals surface area contributed by atoms with E-state index in [0.29, 0.717) is 18.9 Å². The Kier molecular flexibility index (Phi) is 6.20. The Morgan fingerprint density at radius 1 is 1.40 bits per heavy atom. The lowest BCUT2D eigenvalue weighted by atomic mass is 9.92. The van der Waals surface area contributed by atoms with Crippen molar-refractivity contribution in [3.05, 3.63) is 35.9 Å². The molecule has 0 spiro atoms. The fourth-order valence-electron chi connectivity index (χ4n) is 2.12. The number of carbonyl (C=O) groups excluding carboxylic acids is 1. The van der Waals surface area contributed by atoms with Crippen LogP contribution in [0.1, 0.15) is 32.8 Å². The van der Waals surface area contributed by atoms with Crippen LogP contribution in [-0.4, -0.2) is 18.1 Å². The molecule has 0 fully saturated rings. The Morgan fingerprint density at radius 3 is 2.60 bits per heavy atom. The Hall–Kier alpha value is -1.86. The van der Waals surface area contributed by atoms with E-state index in [-0.39, 0.29) is 12.5 Å². The van der Waals surface area contributed by atoms with Crippen LogP contribution in [0.15, 0.2) is 30.3 Å². The molecule has 1 unspecified atom stereocenters. The molecule has 0 aromatic heterocycles. The lowest BCUT2D eigenvalue weighted by Crippen LogP contribution is -2.47. The van der Waals surface area contributed by atoms with Crippen LogP contribution in [0, 0.1) is 17.2 Å². The number of rotatable bonds is 7. The number of amides is 1. The van der Waals surface area contributed by atoms with Gasteiger partial charge in [0.25, 0.3) is 0 Å². The minimum Gasteiger partial charge on any atom is -0.367 e. The Morgan fingerprint density at radius 2 is 2.05 bits per heavy atom. The van der Waals surface area contributed by atoms with Gasteiger partial charge in [0.15, 0.2) is 0 Å². The molecule has 0 aliphatic heterocycles. The number of nitrogens with zero attached hydrogens (tertiary/aromatic N) is 1. The van der Waals surface area contributed by atoms with Gasteiger partial charge in [-0.2, -0.15) is 5.26 Å². The van der Waals surface area contributed by atoms with Gasteiger partial charge in [0.1, 0.15) is 12.1 Å². The monoisotopic (exact) mass is 274 g/mol. The van der Waals surface area contributed by atoms with Crippen LogP contribution in [0.3, 0.4) is 0 Å². The van der Waals surface area contributed by atoms with Gasteiger partial charge >= 0.3 is 0 Å². The first-order valence-electron chi connectivity index (χ1n) is 6.79. The molecule has 0 heterocycles. The molecule has 1 amide bonds. The minimum absolute atomic E-state index is 0.0374. The fourth-order valence-corrected chi connectivity index (χ4v) is 2.12. The third kappa shape index (κ3) is 5.85. The van der Waals surface area contributed by atoms with Crippen molar-refractivity contribution in [2.75, 3.05) is 6.61 Å². The van der Waals surface area contributed by atoms with E-state index in [1.165, 1.54) is 0 Å². The van der Waals surface area contributed by atoms with Gasteiger partial charge in [-0.1, -0.05) is 44.2 Å². The van der Waals surface area contributed by atoms with E-state index >= 15 is 0 Å². The summed E-state index contributed by atoms with van der Waals surface area (Å²) in [5.74, 6) is 0.0795. The van der Waals surface area contributed by atoms with Crippen LogP contribution in [-0.2, 0) is 16.1 Å². The van der Waals surface area contributed by atoms with Crippen LogP contribution >= 0.6 is 0 Å². The van der Waals surface area contributed by atoms with Crippen molar-refractivity contribution < 1.29 is 9.53 Å². The summed E-state index contributed by atoms with van der Waals surface area (Å²) in [6.45, 7) is 6.13. The third-order valence-corrected chi connectivity index (χ3v) is 2.82. The topological polar surface area (TPSA) is 62.1 Å². The van der Waals surface area contributed by atoms with Crippen molar-refractivity contribution in [3.8, 4) is 6.07 Å². The van der Waals surface area contributed by atoms with E-state index in [2.05, 4.69) is 11.4 Å². The highest BCUT2D eigenvalue weighted by molar-refractivity contribution is 5.78. The van der Waals surface area contributed by atoms with Crippen molar-refractivity contribution in [3.63, 3.8) is 0 Å². The number of nitriles is 1. The summed E-state index contributed by atoms with van der Waals surface area (Å²) in [5.41, 5.74) is 0.187. The van der Waals surface area contributed by atoms with Crippen molar-refractivity contribution in [1.82, 2.24) is 5.32 Å². The first-order valence-corrected chi connectivity index (χ1v) is 6.79. The van der Waals surface area contributed by atoms with E-state index < -0.39 is 5.54 Å². The highest BCUT2D eigenvalue weighted by atomic mass is 16.5. The molecule has 20 heavy (non-hydrogen) atoms. The maximum absolute atomic E-state index is 11.8. The Bertz CT molecular complexity index is 465. The van der Waals surface area contributed by atoms with Gasteiger partial charge in [0.2, 0.25) is 5.91 Å². The van der Waals surface area contributed by atoms with Crippen molar-refractivity contribution in [1.29, 1.82) is 5.26 Å². The summed E-state index contributed by atoms with van der Waals surface area (Å²) in [4.78, 5) is 11.8. The van der Waals surface area contributed by atoms with Gasteiger partial charge in [0.05, 0.1) is 12.7 Å². The average Bonchev–Trinajstić information content (AvgIpc) is 2.39. The molecule has 1 aromatic carbocycles. The predicted molar refractivity (Wildman–Crippen MR) is 77.7 cm³/mol. The molecule has 0 aliphatic rings. The summed E-state index contributed by atoms with van der Waals surface area (Å²) >= 11 is 0. The van der Waals surface area contributed by atoms with Crippen molar-refractivity contribution in [2.45, 2.75) is 39.3 Å². The maximum atomic E-state index is 11.8. The number of ether oxygens (including phenoxy) is 1. The molecule has 1 N–H and O–H groups in total. The highest BCUT2D eigenvalue weighted by Crippen LogP contribution is 2.15. The second kappa shape index (κ2) is 7.66. The number of hydrogen-bond acceptors (Lipinski definition) is 3. The second-order valence-corrected chi connectivity index (χ2v) is 5.57. The van der Waals surface area contributed by atoms with E-state index in [1.807, 2.05) is 44.2 Å². The Labute approximate surface area is 120 Å². The molecule has 4 heteroatoms. The van der Waals surface area contributed by atoms with Gasteiger partial charge in [-0.15, -0.1) is 0 Å². The largest absolute Gasteiger partial charge is 0.367 e. The molecule has 1 rings (SSSR count). The van der Waals surface area contributed by atoms with Crippen LogP contribution in [0.4, 0.5) is 0 Å². The summed E-state index contributed by atoms with van der Waals surface area (Å²) in [7, 11) is 0. The second-order valence-electron chi connectivity index (χ2n) is 5.57. The summed E-state index contributed by atoms with van der Waals surface area (Å²) in [5, 5.41) is 11.9. The van der Waals surface area contributed by atoms with E-state index in [9.17, 15) is 10.1 Å². The summed E-state index contributed by atoms with van der Waals surface area (Å²) in [6.07, 6.45) is 0.619. The number of hydrogen-bond donors (Lipinski definition) is 1. The number of nitrogens with one attached hydrogen (secondary N) is 1. The SMILES string of the molecule is CC(C)CC(C)(C#N)NC(=O)COCc1ccccc1. The normalized spacial score (nSPS) is 13.6. The number of carbonyl (C=O) groups is 1. The molecule has 0 saturated heterocycles. The predicted octanol–water partition coefficient (Wildman–Crippen LogP) is 2.65. The molecule has 0 aliphatic carbocycles. The van der Waals surface area contributed by atoms with Crippen LogP contribution in [0.2, 0.25) is 0 Å². The van der Waals surface area contributed by atoms with Crippen molar-refractivity contribution >= 4 is 5.91 Å². The first-order chi connectivity index (χ1) is 9.45. The summed E-state index contributed by atoms with van der Waals surface area (Å²) < 4.78 is 5.36. The minimum atomic E-state index is -0.832. The molecule has 1 atom stereocenters. The zero-order valence-electron chi connectivity index (χ0n) is 12.3. The van der Waals surface area contributed by atoms with Gasteiger partial charge in [-0.25, -0.2) is 0 Å². The summed E-state index contributed by atoms with van der Waals surface area (Å²) in [6, 6.07) is 11.8. The molecule has 108 valence electrons. The average molecular weight is 274 g/mol.